The lowest BCUT2D eigenvalue weighted by Gasteiger charge is -2.07. The number of pyridine rings is 3. The first kappa shape index (κ1) is 21.2. The minimum atomic E-state index is 0.680. The lowest BCUT2D eigenvalue weighted by atomic mass is 10.2. The number of hydrogen-bond acceptors (Lipinski definition) is 7. The lowest BCUT2D eigenvalue weighted by Crippen LogP contribution is -2.08. The van der Waals surface area contributed by atoms with Crippen molar-refractivity contribution in [2.24, 2.45) is 10.2 Å². The molecule has 0 aliphatic heterocycles. The molecule has 5 rings (SSSR count). The van der Waals surface area contributed by atoms with Gasteiger partial charge in [0.2, 0.25) is 0 Å². The van der Waals surface area contributed by atoms with Gasteiger partial charge >= 0.3 is 0 Å². The van der Waals surface area contributed by atoms with Gasteiger partial charge in [-0.3, -0.25) is 10.9 Å². The van der Waals surface area contributed by atoms with Crippen molar-refractivity contribution in [1.29, 1.82) is 0 Å². The first-order valence-electron chi connectivity index (χ1n) is 11.0. The number of anilines is 2. The summed E-state index contributed by atoms with van der Waals surface area (Å²) in [6.07, 6.45) is 0. The quantitative estimate of drug-likeness (QED) is 0.253. The molecule has 0 amide bonds. The summed E-state index contributed by atoms with van der Waals surface area (Å²) in [6.45, 7) is 3.81. The number of hydrazone groups is 2. The van der Waals surface area contributed by atoms with Crippen LogP contribution in [-0.4, -0.2) is 26.4 Å². The van der Waals surface area contributed by atoms with Crippen LogP contribution < -0.4 is 10.9 Å². The summed E-state index contributed by atoms with van der Waals surface area (Å²) in [5.41, 5.74) is 10.9. The molecular formula is C27H23N7. The number of nitrogens with zero attached hydrogens (tertiary/aromatic N) is 5. The maximum absolute atomic E-state index is 4.71. The van der Waals surface area contributed by atoms with Gasteiger partial charge in [0.15, 0.2) is 0 Å². The van der Waals surface area contributed by atoms with Crippen LogP contribution in [0.1, 0.15) is 25.2 Å². The molecule has 0 aliphatic rings. The molecule has 0 fully saturated rings. The number of benzene rings is 2. The van der Waals surface area contributed by atoms with E-state index in [0.717, 1.165) is 44.6 Å². The van der Waals surface area contributed by atoms with Gasteiger partial charge in [-0.1, -0.05) is 42.5 Å². The van der Waals surface area contributed by atoms with Crippen molar-refractivity contribution in [3.05, 3.63) is 102 Å². The molecule has 0 radical (unpaired) electrons. The highest BCUT2D eigenvalue weighted by atomic mass is 15.3. The average Bonchev–Trinajstić information content (AvgIpc) is 2.90. The van der Waals surface area contributed by atoms with Crippen LogP contribution in [-0.2, 0) is 0 Å². The van der Waals surface area contributed by atoms with Gasteiger partial charge in [-0.25, -0.2) is 15.0 Å². The topological polar surface area (TPSA) is 87.5 Å². The van der Waals surface area contributed by atoms with Crippen molar-refractivity contribution in [3.63, 3.8) is 0 Å². The van der Waals surface area contributed by atoms with Gasteiger partial charge in [0.1, 0.15) is 11.6 Å². The number of fused-ring (bicyclic) bond motifs is 2. The molecule has 5 aromatic rings. The van der Waals surface area contributed by atoms with Gasteiger partial charge in [-0.15, -0.1) is 0 Å². The number of aromatic nitrogens is 3. The Morgan fingerprint density at radius 3 is 1.50 bits per heavy atom. The molecule has 34 heavy (non-hydrogen) atoms. The Hall–Kier alpha value is -4.65. The van der Waals surface area contributed by atoms with E-state index in [-0.39, 0.29) is 0 Å². The Morgan fingerprint density at radius 2 is 1.00 bits per heavy atom. The van der Waals surface area contributed by atoms with Crippen LogP contribution in [0.3, 0.4) is 0 Å². The predicted molar refractivity (Wildman–Crippen MR) is 139 cm³/mol. The fourth-order valence-corrected chi connectivity index (χ4v) is 3.49. The second-order valence-electron chi connectivity index (χ2n) is 7.80. The van der Waals surface area contributed by atoms with Crippen LogP contribution in [0.25, 0.3) is 21.8 Å². The maximum Gasteiger partial charge on any atom is 0.146 e. The summed E-state index contributed by atoms with van der Waals surface area (Å²) < 4.78 is 0. The Balaban J connectivity index is 1.30. The number of rotatable bonds is 6. The Bertz CT molecular complexity index is 1430. The van der Waals surface area contributed by atoms with Crippen LogP contribution in [0.15, 0.2) is 101 Å². The van der Waals surface area contributed by atoms with Gasteiger partial charge in [0.25, 0.3) is 0 Å². The highest BCUT2D eigenvalue weighted by molar-refractivity contribution is 6.01. The zero-order valence-electron chi connectivity index (χ0n) is 18.9. The van der Waals surface area contributed by atoms with Crippen LogP contribution in [0.2, 0.25) is 0 Å². The van der Waals surface area contributed by atoms with Crippen molar-refractivity contribution in [1.82, 2.24) is 15.0 Å². The van der Waals surface area contributed by atoms with Crippen molar-refractivity contribution in [2.45, 2.75) is 13.8 Å². The maximum atomic E-state index is 4.71. The molecule has 0 bridgehead atoms. The van der Waals surface area contributed by atoms with E-state index in [1.54, 1.807) is 0 Å². The van der Waals surface area contributed by atoms with Gasteiger partial charge in [-0.2, -0.15) is 10.2 Å². The lowest BCUT2D eigenvalue weighted by molar-refractivity contribution is 1.19. The molecule has 0 spiro atoms. The molecule has 0 atom stereocenters. The summed E-state index contributed by atoms with van der Waals surface area (Å²) >= 11 is 0. The van der Waals surface area contributed by atoms with E-state index in [9.17, 15) is 0 Å². The van der Waals surface area contributed by atoms with Gasteiger partial charge in [0.05, 0.1) is 33.8 Å². The second-order valence-corrected chi connectivity index (χ2v) is 7.80. The SMILES string of the molecule is C/C(=N\Nc1ccc2ccccc2n1)c1cccc(/C(C)=N/Nc2ccc3ccccc3n2)n1. The first-order valence-corrected chi connectivity index (χ1v) is 11.0. The Labute approximate surface area is 197 Å². The van der Waals surface area contributed by atoms with E-state index in [0.29, 0.717) is 11.6 Å². The summed E-state index contributed by atoms with van der Waals surface area (Å²) in [6, 6.07) is 29.6. The van der Waals surface area contributed by atoms with Crippen molar-refractivity contribution >= 4 is 44.9 Å². The van der Waals surface area contributed by atoms with Gasteiger partial charge < -0.3 is 0 Å². The van der Waals surface area contributed by atoms with Crippen LogP contribution in [0.4, 0.5) is 11.6 Å². The minimum absolute atomic E-state index is 0.680. The number of para-hydroxylation sites is 2. The minimum Gasteiger partial charge on any atom is -0.261 e. The summed E-state index contributed by atoms with van der Waals surface area (Å²) in [5.74, 6) is 1.36. The highest BCUT2D eigenvalue weighted by Crippen LogP contribution is 2.16. The molecule has 2 N–H and O–H groups in total. The van der Waals surface area contributed by atoms with E-state index >= 15 is 0 Å². The molecular weight excluding hydrogens is 422 g/mol. The molecule has 3 heterocycles. The van der Waals surface area contributed by atoms with Crippen LogP contribution in [0, 0.1) is 0 Å². The van der Waals surface area contributed by atoms with Gasteiger partial charge in [-0.05, 0) is 62.4 Å². The largest absolute Gasteiger partial charge is 0.261 e. The highest BCUT2D eigenvalue weighted by Gasteiger charge is 2.05. The monoisotopic (exact) mass is 445 g/mol. The van der Waals surface area contributed by atoms with Crippen molar-refractivity contribution in [2.75, 3.05) is 10.9 Å². The van der Waals surface area contributed by atoms with Crippen LogP contribution in [0.5, 0.6) is 0 Å². The predicted octanol–water partition coefficient (Wildman–Crippen LogP) is 5.85. The fourth-order valence-electron chi connectivity index (χ4n) is 3.49. The molecule has 0 saturated heterocycles. The molecule has 0 unspecified atom stereocenters. The number of nitrogens with one attached hydrogen (secondary N) is 2. The number of hydrogen-bond donors (Lipinski definition) is 2. The third-order valence-electron chi connectivity index (χ3n) is 5.36. The van der Waals surface area contributed by atoms with E-state index < -0.39 is 0 Å². The average molecular weight is 446 g/mol. The molecule has 2 aromatic carbocycles. The third kappa shape index (κ3) is 4.73. The molecule has 3 aromatic heterocycles. The van der Waals surface area contributed by atoms with Gasteiger partial charge in [0, 0.05) is 10.8 Å². The fraction of sp³-hybridized carbons (Fsp3) is 0.0741. The molecule has 0 saturated carbocycles. The summed E-state index contributed by atoms with van der Waals surface area (Å²) in [5, 5.41) is 11.1. The smallest absolute Gasteiger partial charge is 0.146 e. The zero-order valence-corrected chi connectivity index (χ0v) is 18.9. The van der Waals surface area contributed by atoms with Crippen molar-refractivity contribution < 1.29 is 0 Å². The first-order chi connectivity index (χ1) is 16.7. The molecule has 7 nitrogen and oxygen atoms in total. The van der Waals surface area contributed by atoms with Crippen molar-refractivity contribution in [3.8, 4) is 0 Å². The zero-order chi connectivity index (χ0) is 23.3. The molecule has 0 aliphatic carbocycles. The summed E-state index contributed by atoms with van der Waals surface area (Å²) in [4.78, 5) is 13.9. The normalized spacial score (nSPS) is 12.2. The summed E-state index contributed by atoms with van der Waals surface area (Å²) in [7, 11) is 0. The van der Waals surface area contributed by atoms with E-state index in [1.165, 1.54) is 0 Å². The van der Waals surface area contributed by atoms with E-state index in [2.05, 4.69) is 31.0 Å². The van der Waals surface area contributed by atoms with E-state index in [1.807, 2.05) is 105 Å². The molecule has 166 valence electrons. The third-order valence-corrected chi connectivity index (χ3v) is 5.36. The second kappa shape index (κ2) is 9.46. The Kier molecular flexibility index (Phi) is 5.90. The molecule has 7 heteroatoms. The standard InChI is InChI=1S/C27H23N7/c1-18(31-33-26-16-14-20-8-3-5-10-24(20)29-26)22-12-7-13-23(28-22)19(2)32-34-27-17-15-21-9-4-6-11-25(21)30-27/h3-17H,1-2H3,(H,29,33)(H,30,34)/b31-18+,32-19+. The Morgan fingerprint density at radius 1 is 0.529 bits per heavy atom. The van der Waals surface area contributed by atoms with Crippen LogP contribution >= 0.6 is 0 Å². The van der Waals surface area contributed by atoms with E-state index in [4.69, 9.17) is 4.98 Å².